The van der Waals surface area contributed by atoms with Crippen LogP contribution in [0.25, 0.3) is 0 Å². The molecule has 6 rings (SSSR count). The average molecular weight is 488 g/mol. The van der Waals surface area contributed by atoms with Crippen molar-refractivity contribution in [1.82, 2.24) is 4.68 Å². The second-order valence-corrected chi connectivity index (χ2v) is 8.13. The lowest BCUT2D eigenvalue weighted by Crippen LogP contribution is -2.32. The summed E-state index contributed by atoms with van der Waals surface area (Å²) in [7, 11) is 0. The van der Waals surface area contributed by atoms with Crippen molar-refractivity contribution < 1.29 is 44.3 Å². The second-order valence-electron chi connectivity index (χ2n) is 8.13. The molecule has 1 aromatic heterocycles. The van der Waals surface area contributed by atoms with Crippen LogP contribution in [0.1, 0.15) is 37.4 Å². The van der Waals surface area contributed by atoms with E-state index >= 15 is 0 Å². The molecule has 0 atom stereocenters. The zero-order chi connectivity index (χ0) is 25.2. The van der Waals surface area contributed by atoms with E-state index in [2.05, 4.69) is 5.59 Å². The molecule has 2 aliphatic rings. The molecule has 2 aliphatic heterocycles. The van der Waals surface area contributed by atoms with Crippen molar-refractivity contribution in [3.05, 3.63) is 94.5 Å². The number of phenolic OH excluding ortho intramolecular Hbond substituents is 2. The third-order valence-electron chi connectivity index (χ3n) is 6.09. The van der Waals surface area contributed by atoms with E-state index in [9.17, 15) is 30.0 Å². The van der Waals surface area contributed by atoms with Crippen LogP contribution in [-0.4, -0.2) is 37.0 Å². The van der Waals surface area contributed by atoms with E-state index in [1.54, 1.807) is 24.3 Å². The smallest absolute Gasteiger partial charge is 0.365 e. The molecule has 0 saturated heterocycles. The lowest BCUT2D eigenvalue weighted by atomic mass is 9.77. The third-order valence-corrected chi connectivity index (χ3v) is 6.09. The van der Waals surface area contributed by atoms with Crippen molar-refractivity contribution in [1.29, 1.82) is 0 Å². The van der Waals surface area contributed by atoms with Gasteiger partial charge in [0, 0.05) is 41.0 Å². The fourth-order valence-corrected chi connectivity index (χ4v) is 4.57. The lowest BCUT2D eigenvalue weighted by molar-refractivity contribution is 0.0220. The van der Waals surface area contributed by atoms with Gasteiger partial charge in [0.15, 0.2) is 5.60 Å². The SMILES string of the molecule is O=C(ONn1c(O)ccc1O)c1cccc2c1C(=O)OC21c2ccc(O)cc2Oc2cc(O)ccc21. The number of fused-ring (bicyclic) bond motifs is 6. The van der Waals surface area contributed by atoms with Gasteiger partial charge in [-0.2, -0.15) is 4.68 Å². The standard InChI is InChI=1S/C25H16N2O9/c28-12-4-6-15-18(10-12)34-19-11-13(29)5-7-16(19)25(15)17-3-1-2-14(22(17)24(33)35-25)23(32)36-26-27-20(30)8-9-21(27)31/h1-11,26,28-31H. The van der Waals surface area contributed by atoms with Gasteiger partial charge in [-0.25, -0.2) is 9.59 Å². The van der Waals surface area contributed by atoms with E-state index in [4.69, 9.17) is 14.3 Å². The summed E-state index contributed by atoms with van der Waals surface area (Å²) in [6.45, 7) is 0. The molecule has 0 radical (unpaired) electrons. The highest BCUT2D eigenvalue weighted by molar-refractivity contribution is 6.07. The summed E-state index contributed by atoms with van der Waals surface area (Å²) in [4.78, 5) is 31.3. The molecule has 4 aromatic rings. The molecule has 36 heavy (non-hydrogen) atoms. The number of rotatable bonds is 3. The predicted octanol–water partition coefficient (Wildman–Crippen LogP) is 3.19. The quantitative estimate of drug-likeness (QED) is 0.214. The maximum absolute atomic E-state index is 13.3. The predicted molar refractivity (Wildman–Crippen MR) is 121 cm³/mol. The minimum Gasteiger partial charge on any atom is -0.508 e. The number of aromatic nitrogens is 1. The number of hydrogen-bond donors (Lipinski definition) is 5. The fourth-order valence-electron chi connectivity index (χ4n) is 4.57. The number of hydrogen-bond acceptors (Lipinski definition) is 10. The maximum atomic E-state index is 13.3. The maximum Gasteiger partial charge on any atom is 0.365 e. The van der Waals surface area contributed by atoms with Gasteiger partial charge in [-0.15, -0.1) is 5.59 Å². The minimum absolute atomic E-state index is 0.0646. The molecule has 3 heterocycles. The molecule has 5 N–H and O–H groups in total. The second kappa shape index (κ2) is 7.34. The molecule has 0 amide bonds. The van der Waals surface area contributed by atoms with Gasteiger partial charge in [-0.1, -0.05) is 12.1 Å². The van der Waals surface area contributed by atoms with E-state index < -0.39 is 29.3 Å². The van der Waals surface area contributed by atoms with E-state index in [0.29, 0.717) is 21.4 Å². The first-order valence-electron chi connectivity index (χ1n) is 10.6. The van der Waals surface area contributed by atoms with Crippen LogP contribution in [0.3, 0.4) is 0 Å². The summed E-state index contributed by atoms with van der Waals surface area (Å²) in [6.07, 6.45) is 0. The van der Waals surface area contributed by atoms with E-state index in [1.165, 1.54) is 42.5 Å². The number of ether oxygens (including phenoxy) is 2. The van der Waals surface area contributed by atoms with Gasteiger partial charge in [-0.05, 0) is 30.3 Å². The number of aromatic hydroxyl groups is 4. The first-order chi connectivity index (χ1) is 17.3. The Hall–Kier alpha value is -5.32. The number of nitrogens with one attached hydrogen (secondary N) is 1. The van der Waals surface area contributed by atoms with E-state index in [0.717, 1.165) is 0 Å². The molecule has 0 unspecified atom stereocenters. The topological polar surface area (TPSA) is 160 Å². The third kappa shape index (κ3) is 2.86. The number of carbonyl (C=O) groups excluding carboxylic acids is 2. The largest absolute Gasteiger partial charge is 0.508 e. The van der Waals surface area contributed by atoms with Crippen LogP contribution >= 0.6 is 0 Å². The summed E-state index contributed by atoms with van der Waals surface area (Å²) < 4.78 is 12.6. The van der Waals surface area contributed by atoms with Crippen LogP contribution in [0, 0.1) is 0 Å². The first kappa shape index (κ1) is 21.2. The molecule has 0 aliphatic carbocycles. The van der Waals surface area contributed by atoms with Gasteiger partial charge in [0.2, 0.25) is 11.8 Å². The summed E-state index contributed by atoms with van der Waals surface area (Å²) in [6, 6.07) is 15.5. The number of phenols is 2. The van der Waals surface area contributed by atoms with Crippen molar-refractivity contribution in [2.45, 2.75) is 5.60 Å². The van der Waals surface area contributed by atoms with Crippen molar-refractivity contribution in [3.63, 3.8) is 0 Å². The molecule has 1 spiro atoms. The van der Waals surface area contributed by atoms with Gasteiger partial charge in [0.05, 0.1) is 11.1 Å². The average Bonchev–Trinajstić information content (AvgIpc) is 3.33. The monoisotopic (exact) mass is 488 g/mol. The molecule has 3 aromatic carbocycles. The van der Waals surface area contributed by atoms with Crippen LogP contribution in [0.5, 0.6) is 34.8 Å². The van der Waals surface area contributed by atoms with Gasteiger partial charge < -0.3 is 34.7 Å². The Morgan fingerprint density at radius 2 is 1.44 bits per heavy atom. The number of esters is 1. The first-order valence-corrected chi connectivity index (χ1v) is 10.6. The number of nitrogens with zero attached hydrogens (tertiary/aromatic N) is 1. The highest BCUT2D eigenvalue weighted by atomic mass is 16.7. The van der Waals surface area contributed by atoms with Crippen LogP contribution in [0.4, 0.5) is 0 Å². The highest BCUT2D eigenvalue weighted by Crippen LogP contribution is 2.57. The molecule has 180 valence electrons. The number of benzene rings is 3. The van der Waals surface area contributed by atoms with Gasteiger partial charge >= 0.3 is 11.9 Å². The number of carbonyl (C=O) groups is 2. The molecule has 0 fully saturated rings. The van der Waals surface area contributed by atoms with E-state index in [1.807, 2.05) is 0 Å². The highest BCUT2D eigenvalue weighted by Gasteiger charge is 2.54. The summed E-state index contributed by atoms with van der Waals surface area (Å²) in [5.74, 6) is -2.42. The molecular weight excluding hydrogens is 472 g/mol. The fraction of sp³-hybridized carbons (Fsp3) is 0.0400. The normalized spacial score (nSPS) is 14.3. The molecule has 11 heteroatoms. The van der Waals surface area contributed by atoms with Crippen LogP contribution in [-0.2, 0) is 15.2 Å². The van der Waals surface area contributed by atoms with Gasteiger partial charge in [-0.3, -0.25) is 0 Å². The van der Waals surface area contributed by atoms with Crippen LogP contribution < -0.4 is 10.3 Å². The van der Waals surface area contributed by atoms with Gasteiger partial charge in [0.1, 0.15) is 23.0 Å². The van der Waals surface area contributed by atoms with Crippen molar-refractivity contribution in [3.8, 4) is 34.8 Å². The Bertz CT molecular complexity index is 1520. The Kier molecular flexibility index (Phi) is 4.33. The summed E-state index contributed by atoms with van der Waals surface area (Å²) >= 11 is 0. The van der Waals surface area contributed by atoms with Crippen molar-refractivity contribution in [2.24, 2.45) is 0 Å². The lowest BCUT2D eigenvalue weighted by Gasteiger charge is -2.36. The Morgan fingerprint density at radius 1 is 0.833 bits per heavy atom. The zero-order valence-electron chi connectivity index (χ0n) is 18.1. The van der Waals surface area contributed by atoms with Crippen LogP contribution in [0.15, 0.2) is 66.7 Å². The zero-order valence-corrected chi connectivity index (χ0v) is 18.1. The molecule has 0 bridgehead atoms. The van der Waals surface area contributed by atoms with Gasteiger partial charge in [0.25, 0.3) is 0 Å². The van der Waals surface area contributed by atoms with Crippen molar-refractivity contribution in [2.75, 3.05) is 5.59 Å². The minimum atomic E-state index is -1.54. The summed E-state index contributed by atoms with van der Waals surface area (Å²) in [5, 5.41) is 39.5. The Morgan fingerprint density at radius 3 is 2.06 bits per heavy atom. The van der Waals surface area contributed by atoms with Crippen LogP contribution in [0.2, 0.25) is 0 Å². The Balaban J connectivity index is 1.50. The van der Waals surface area contributed by atoms with E-state index in [-0.39, 0.29) is 34.1 Å². The molecule has 11 nitrogen and oxygen atoms in total. The molecule has 0 saturated carbocycles. The molecular formula is C25H16N2O9. The van der Waals surface area contributed by atoms with Crippen molar-refractivity contribution >= 4 is 11.9 Å². The summed E-state index contributed by atoms with van der Waals surface area (Å²) in [5.41, 5.74) is 1.49. The Labute approximate surface area is 201 Å².